The summed E-state index contributed by atoms with van der Waals surface area (Å²) < 4.78 is 13.5. The van der Waals surface area contributed by atoms with Gasteiger partial charge in [-0.15, -0.1) is 0 Å². The molecular weight excluding hydrogens is 233 g/mol. The van der Waals surface area contributed by atoms with Crippen molar-refractivity contribution in [1.82, 2.24) is 4.90 Å². The smallest absolute Gasteiger partial charge is 0.129 e. The van der Waals surface area contributed by atoms with Crippen LogP contribution in [-0.2, 0) is 0 Å². The Bertz CT molecular complexity index is 373. The molecule has 1 aromatic carbocycles. The molecule has 102 valence electrons. The summed E-state index contributed by atoms with van der Waals surface area (Å²) in [7, 11) is 1.88. The lowest BCUT2D eigenvalue weighted by Crippen LogP contribution is -2.36. The summed E-state index contributed by atoms with van der Waals surface area (Å²) in [6.07, 6.45) is -0.834. The van der Waals surface area contributed by atoms with Crippen molar-refractivity contribution in [3.05, 3.63) is 35.6 Å². The van der Waals surface area contributed by atoms with E-state index in [2.05, 4.69) is 0 Å². The van der Waals surface area contributed by atoms with E-state index in [0.29, 0.717) is 12.1 Å². The monoisotopic (exact) mass is 255 g/mol. The van der Waals surface area contributed by atoms with Gasteiger partial charge in [0.1, 0.15) is 5.82 Å². The predicted molar refractivity (Wildman–Crippen MR) is 69.7 cm³/mol. The molecule has 0 fully saturated rings. The summed E-state index contributed by atoms with van der Waals surface area (Å²) in [6, 6.07) is 6.31. The molecule has 0 aromatic heterocycles. The zero-order chi connectivity index (χ0) is 13.7. The van der Waals surface area contributed by atoms with Crippen molar-refractivity contribution >= 4 is 0 Å². The fourth-order valence-electron chi connectivity index (χ4n) is 1.89. The molecule has 3 nitrogen and oxygen atoms in total. The summed E-state index contributed by atoms with van der Waals surface area (Å²) in [5, 5.41) is 19.2. The van der Waals surface area contributed by atoms with Gasteiger partial charge in [-0.3, -0.25) is 0 Å². The first kappa shape index (κ1) is 15.1. The van der Waals surface area contributed by atoms with Gasteiger partial charge in [0.15, 0.2) is 0 Å². The molecule has 0 aliphatic carbocycles. The van der Waals surface area contributed by atoms with Gasteiger partial charge in [-0.1, -0.05) is 25.1 Å². The van der Waals surface area contributed by atoms with Gasteiger partial charge >= 0.3 is 0 Å². The van der Waals surface area contributed by atoms with Crippen molar-refractivity contribution in [1.29, 1.82) is 0 Å². The molecule has 2 N–H and O–H groups in total. The van der Waals surface area contributed by atoms with E-state index in [-0.39, 0.29) is 24.4 Å². The highest BCUT2D eigenvalue weighted by atomic mass is 19.1. The molecule has 0 bridgehead atoms. The van der Waals surface area contributed by atoms with Gasteiger partial charge in [0.2, 0.25) is 0 Å². The van der Waals surface area contributed by atoms with Crippen LogP contribution in [0.1, 0.15) is 25.5 Å². The van der Waals surface area contributed by atoms with E-state index >= 15 is 0 Å². The van der Waals surface area contributed by atoms with E-state index in [0.717, 1.165) is 0 Å². The Morgan fingerprint density at radius 3 is 2.44 bits per heavy atom. The van der Waals surface area contributed by atoms with E-state index in [1.807, 2.05) is 25.8 Å². The normalized spacial score (nSPS) is 16.6. The van der Waals surface area contributed by atoms with Crippen LogP contribution in [0.5, 0.6) is 0 Å². The van der Waals surface area contributed by atoms with Crippen molar-refractivity contribution in [2.75, 3.05) is 20.2 Å². The number of hydrogen-bond donors (Lipinski definition) is 2. The molecule has 0 spiro atoms. The van der Waals surface area contributed by atoms with Crippen molar-refractivity contribution < 1.29 is 14.6 Å². The second-order valence-electron chi connectivity index (χ2n) is 4.91. The Hall–Kier alpha value is -0.970. The maximum Gasteiger partial charge on any atom is 0.129 e. The Morgan fingerprint density at radius 2 is 1.89 bits per heavy atom. The Kier molecular flexibility index (Phi) is 5.72. The van der Waals surface area contributed by atoms with E-state index in [1.165, 1.54) is 6.07 Å². The van der Waals surface area contributed by atoms with E-state index < -0.39 is 6.10 Å². The van der Waals surface area contributed by atoms with Crippen LogP contribution >= 0.6 is 0 Å². The first-order valence-electron chi connectivity index (χ1n) is 6.21. The molecule has 1 rings (SSSR count). The highest BCUT2D eigenvalue weighted by Gasteiger charge is 2.22. The average Bonchev–Trinajstić information content (AvgIpc) is 2.37. The molecule has 0 amide bonds. The minimum atomic E-state index is -0.834. The predicted octanol–water partition coefficient (Wildman–Crippen LogP) is 1.81. The number of rotatable bonds is 6. The second-order valence-corrected chi connectivity index (χ2v) is 4.91. The molecule has 0 heterocycles. The number of nitrogens with zero attached hydrogens (tertiary/aromatic N) is 1. The molecule has 3 unspecified atom stereocenters. The first-order chi connectivity index (χ1) is 8.47. The standard InChI is InChI=1S/C14H22FNO2/c1-10(8-16(3)11(2)9-17)14(18)12-6-4-5-7-13(12)15/h4-7,10-11,14,17-18H,8-9H2,1-3H3. The fraction of sp³-hybridized carbons (Fsp3) is 0.571. The third-order valence-corrected chi connectivity index (χ3v) is 3.36. The lowest BCUT2D eigenvalue weighted by atomic mass is 9.96. The number of likely N-dealkylation sites (N-methyl/N-ethyl adjacent to an activating group) is 1. The average molecular weight is 255 g/mol. The van der Waals surface area contributed by atoms with Gasteiger partial charge in [-0.2, -0.15) is 0 Å². The molecular formula is C14H22FNO2. The van der Waals surface area contributed by atoms with Crippen LogP contribution in [0.2, 0.25) is 0 Å². The van der Waals surface area contributed by atoms with Crippen LogP contribution in [0, 0.1) is 11.7 Å². The fourth-order valence-corrected chi connectivity index (χ4v) is 1.89. The van der Waals surface area contributed by atoms with Gasteiger partial charge in [-0.25, -0.2) is 4.39 Å². The maximum absolute atomic E-state index is 13.5. The van der Waals surface area contributed by atoms with Gasteiger partial charge in [0.25, 0.3) is 0 Å². The lowest BCUT2D eigenvalue weighted by Gasteiger charge is -2.28. The molecule has 0 aliphatic rings. The van der Waals surface area contributed by atoms with Crippen molar-refractivity contribution in [3.63, 3.8) is 0 Å². The second kappa shape index (κ2) is 6.83. The highest BCUT2D eigenvalue weighted by molar-refractivity contribution is 5.20. The molecule has 1 aromatic rings. The number of aliphatic hydroxyl groups is 2. The third-order valence-electron chi connectivity index (χ3n) is 3.36. The van der Waals surface area contributed by atoms with Gasteiger partial charge < -0.3 is 15.1 Å². The molecule has 0 radical (unpaired) electrons. The number of halogens is 1. The Labute approximate surface area is 108 Å². The summed E-state index contributed by atoms with van der Waals surface area (Å²) >= 11 is 0. The van der Waals surface area contributed by atoms with Gasteiger partial charge in [0, 0.05) is 18.2 Å². The van der Waals surface area contributed by atoms with Crippen LogP contribution in [0.3, 0.4) is 0 Å². The summed E-state index contributed by atoms with van der Waals surface area (Å²) in [5.74, 6) is -0.490. The quantitative estimate of drug-likeness (QED) is 0.814. The van der Waals surface area contributed by atoms with Crippen LogP contribution < -0.4 is 0 Å². The van der Waals surface area contributed by atoms with Crippen molar-refractivity contribution in [2.45, 2.75) is 26.0 Å². The molecule has 0 aliphatic heterocycles. The van der Waals surface area contributed by atoms with Gasteiger partial charge in [-0.05, 0) is 26.0 Å². The molecule has 3 atom stereocenters. The van der Waals surface area contributed by atoms with E-state index in [9.17, 15) is 9.50 Å². The van der Waals surface area contributed by atoms with Crippen LogP contribution in [-0.4, -0.2) is 41.4 Å². The molecule has 4 heteroatoms. The van der Waals surface area contributed by atoms with E-state index in [1.54, 1.807) is 18.2 Å². The SMILES string of the molecule is CC(CN(C)C(C)CO)C(O)c1ccccc1F. The zero-order valence-corrected chi connectivity index (χ0v) is 11.2. The largest absolute Gasteiger partial charge is 0.395 e. The molecule has 18 heavy (non-hydrogen) atoms. The number of aliphatic hydroxyl groups excluding tert-OH is 2. The molecule has 0 saturated carbocycles. The first-order valence-corrected chi connectivity index (χ1v) is 6.21. The van der Waals surface area contributed by atoms with Crippen LogP contribution in [0.25, 0.3) is 0 Å². The Balaban J connectivity index is 2.67. The minimum Gasteiger partial charge on any atom is -0.395 e. The van der Waals surface area contributed by atoms with Gasteiger partial charge in [0.05, 0.1) is 12.7 Å². The van der Waals surface area contributed by atoms with Crippen molar-refractivity contribution in [2.24, 2.45) is 5.92 Å². The Morgan fingerprint density at radius 1 is 1.28 bits per heavy atom. The third kappa shape index (κ3) is 3.77. The summed E-state index contributed by atoms with van der Waals surface area (Å²) in [5.41, 5.74) is 0.329. The van der Waals surface area contributed by atoms with Crippen molar-refractivity contribution in [3.8, 4) is 0 Å². The maximum atomic E-state index is 13.5. The lowest BCUT2D eigenvalue weighted by molar-refractivity contribution is 0.0714. The summed E-state index contributed by atoms with van der Waals surface area (Å²) in [4.78, 5) is 1.95. The van der Waals surface area contributed by atoms with Crippen LogP contribution in [0.15, 0.2) is 24.3 Å². The van der Waals surface area contributed by atoms with E-state index in [4.69, 9.17) is 5.11 Å². The minimum absolute atomic E-state index is 0.0280. The molecule has 0 saturated heterocycles. The zero-order valence-electron chi connectivity index (χ0n) is 11.2. The number of benzene rings is 1. The summed E-state index contributed by atoms with van der Waals surface area (Å²) in [6.45, 7) is 4.44. The topological polar surface area (TPSA) is 43.7 Å². The van der Waals surface area contributed by atoms with Crippen LogP contribution in [0.4, 0.5) is 4.39 Å². The highest BCUT2D eigenvalue weighted by Crippen LogP contribution is 2.24. The number of hydrogen-bond acceptors (Lipinski definition) is 3.